The first-order valence-corrected chi connectivity index (χ1v) is 5.52. The summed E-state index contributed by atoms with van der Waals surface area (Å²) in [7, 11) is 0. The maximum Gasteiger partial charge on any atom is 0.00479 e. The van der Waals surface area contributed by atoms with Crippen molar-refractivity contribution < 1.29 is 0 Å². The van der Waals surface area contributed by atoms with Crippen LogP contribution in [-0.2, 0) is 0 Å². The van der Waals surface area contributed by atoms with Gasteiger partial charge in [-0.25, -0.2) is 0 Å². The maximum atomic E-state index is 4.59. The van der Waals surface area contributed by atoms with Crippen molar-refractivity contribution in [3.05, 3.63) is 0 Å². The third-order valence-electron chi connectivity index (χ3n) is 3.84. The van der Waals surface area contributed by atoms with Crippen LogP contribution in [0.25, 0.3) is 0 Å². The summed E-state index contributed by atoms with van der Waals surface area (Å²) in [6.07, 6.45) is 7.25. The topological polar surface area (TPSA) is 0 Å². The summed E-state index contributed by atoms with van der Waals surface area (Å²) in [6, 6.07) is 0. The van der Waals surface area contributed by atoms with E-state index < -0.39 is 0 Å². The summed E-state index contributed by atoms with van der Waals surface area (Å²) in [5, 5.41) is 0.759. The first-order valence-electron chi connectivity index (χ1n) is 5.01. The fourth-order valence-corrected chi connectivity index (χ4v) is 3.19. The Morgan fingerprint density at radius 1 is 1.09 bits per heavy atom. The minimum Gasteiger partial charge on any atom is -0.176 e. The van der Waals surface area contributed by atoms with E-state index in [1.807, 2.05) is 0 Å². The number of rotatable bonds is 2. The molecule has 0 radical (unpaired) electrons. The van der Waals surface area contributed by atoms with Crippen molar-refractivity contribution in [2.45, 2.75) is 44.3 Å². The van der Waals surface area contributed by atoms with Gasteiger partial charge in [0.15, 0.2) is 0 Å². The van der Waals surface area contributed by atoms with Gasteiger partial charge in [-0.15, -0.1) is 0 Å². The molecule has 0 aromatic rings. The molecule has 2 aliphatic carbocycles. The van der Waals surface area contributed by atoms with Crippen LogP contribution in [0.1, 0.15) is 39.0 Å². The Balaban J connectivity index is 1.85. The predicted octanol–water partition coefficient (Wildman–Crippen LogP) is 3.13. The highest BCUT2D eigenvalue weighted by Crippen LogP contribution is 2.50. The molecule has 0 N–H and O–H groups in total. The lowest BCUT2D eigenvalue weighted by Gasteiger charge is -2.48. The van der Waals surface area contributed by atoms with Crippen LogP contribution in [0.5, 0.6) is 0 Å². The van der Waals surface area contributed by atoms with E-state index in [1.165, 1.54) is 32.1 Å². The SMILES string of the molecule is CCC1CCC1C1CCC1S. The standard InChI is InChI=1S/C10H18S/c1-2-7-3-4-8(7)9-5-6-10(9)11/h7-11H,2-6H2,1H3. The second kappa shape index (κ2) is 3.01. The summed E-state index contributed by atoms with van der Waals surface area (Å²) < 4.78 is 0. The Labute approximate surface area is 75.2 Å². The van der Waals surface area contributed by atoms with Crippen molar-refractivity contribution in [1.82, 2.24) is 0 Å². The minimum absolute atomic E-state index is 0.759. The number of thiol groups is 1. The molecule has 0 heterocycles. The molecule has 2 aliphatic rings. The van der Waals surface area contributed by atoms with E-state index >= 15 is 0 Å². The van der Waals surface area contributed by atoms with Crippen molar-refractivity contribution in [3.63, 3.8) is 0 Å². The Morgan fingerprint density at radius 2 is 1.82 bits per heavy atom. The quantitative estimate of drug-likeness (QED) is 0.605. The Morgan fingerprint density at radius 3 is 2.09 bits per heavy atom. The Bertz CT molecular complexity index is 142. The van der Waals surface area contributed by atoms with Gasteiger partial charge in [-0.2, -0.15) is 12.6 Å². The van der Waals surface area contributed by atoms with Gasteiger partial charge in [0.25, 0.3) is 0 Å². The monoisotopic (exact) mass is 170 g/mol. The van der Waals surface area contributed by atoms with Crippen LogP contribution in [0.3, 0.4) is 0 Å². The molecule has 0 nitrogen and oxygen atoms in total. The second-order valence-electron chi connectivity index (χ2n) is 4.22. The van der Waals surface area contributed by atoms with Gasteiger partial charge < -0.3 is 0 Å². The van der Waals surface area contributed by atoms with Crippen molar-refractivity contribution in [1.29, 1.82) is 0 Å². The van der Waals surface area contributed by atoms with Crippen molar-refractivity contribution in [3.8, 4) is 0 Å². The smallest absolute Gasteiger partial charge is 0.00479 e. The lowest BCUT2D eigenvalue weighted by molar-refractivity contribution is 0.0596. The van der Waals surface area contributed by atoms with E-state index in [0.29, 0.717) is 0 Å². The molecule has 0 aliphatic heterocycles. The maximum absolute atomic E-state index is 4.59. The zero-order valence-corrected chi connectivity index (χ0v) is 8.19. The molecular weight excluding hydrogens is 152 g/mol. The highest BCUT2D eigenvalue weighted by Gasteiger charge is 2.42. The zero-order valence-electron chi connectivity index (χ0n) is 7.29. The minimum atomic E-state index is 0.759. The fourth-order valence-electron chi connectivity index (χ4n) is 2.67. The summed E-state index contributed by atoms with van der Waals surface area (Å²) in [6.45, 7) is 2.34. The largest absolute Gasteiger partial charge is 0.176 e. The molecule has 0 spiro atoms. The number of hydrogen-bond donors (Lipinski definition) is 1. The molecule has 0 bridgehead atoms. The van der Waals surface area contributed by atoms with Crippen LogP contribution < -0.4 is 0 Å². The summed E-state index contributed by atoms with van der Waals surface area (Å²) in [5.74, 6) is 3.13. The zero-order chi connectivity index (χ0) is 7.84. The summed E-state index contributed by atoms with van der Waals surface area (Å²) >= 11 is 4.59. The molecule has 0 saturated heterocycles. The molecule has 4 atom stereocenters. The lowest BCUT2D eigenvalue weighted by Crippen LogP contribution is -2.41. The van der Waals surface area contributed by atoms with Crippen LogP contribution in [0, 0.1) is 17.8 Å². The molecule has 2 fully saturated rings. The first-order chi connectivity index (χ1) is 5.33. The van der Waals surface area contributed by atoms with Crippen molar-refractivity contribution in [2.75, 3.05) is 0 Å². The van der Waals surface area contributed by atoms with Gasteiger partial charge in [-0.3, -0.25) is 0 Å². The molecule has 1 heteroatoms. The van der Waals surface area contributed by atoms with Gasteiger partial charge in [0, 0.05) is 5.25 Å². The summed E-state index contributed by atoms with van der Waals surface area (Å²) in [5.41, 5.74) is 0. The highest BCUT2D eigenvalue weighted by atomic mass is 32.1. The fraction of sp³-hybridized carbons (Fsp3) is 1.00. The van der Waals surface area contributed by atoms with E-state index in [0.717, 1.165) is 23.0 Å². The van der Waals surface area contributed by atoms with Gasteiger partial charge in [0.1, 0.15) is 0 Å². The van der Waals surface area contributed by atoms with Gasteiger partial charge in [0.2, 0.25) is 0 Å². The average Bonchev–Trinajstić information content (AvgIpc) is 1.96. The predicted molar refractivity (Wildman–Crippen MR) is 52.0 cm³/mol. The molecule has 0 aromatic carbocycles. The average molecular weight is 170 g/mol. The molecule has 2 rings (SSSR count). The Kier molecular flexibility index (Phi) is 2.18. The molecule has 0 aromatic heterocycles. The molecule has 2 saturated carbocycles. The second-order valence-corrected chi connectivity index (χ2v) is 4.88. The van der Waals surface area contributed by atoms with Crippen LogP contribution >= 0.6 is 12.6 Å². The molecular formula is C10H18S. The number of hydrogen-bond acceptors (Lipinski definition) is 1. The molecule has 64 valence electrons. The van der Waals surface area contributed by atoms with E-state index in [2.05, 4.69) is 19.6 Å². The lowest BCUT2D eigenvalue weighted by atomic mass is 9.60. The third kappa shape index (κ3) is 1.22. The van der Waals surface area contributed by atoms with E-state index in [9.17, 15) is 0 Å². The first kappa shape index (κ1) is 7.97. The van der Waals surface area contributed by atoms with Crippen LogP contribution in [0.15, 0.2) is 0 Å². The van der Waals surface area contributed by atoms with Crippen molar-refractivity contribution >= 4 is 12.6 Å². The van der Waals surface area contributed by atoms with Gasteiger partial charge >= 0.3 is 0 Å². The van der Waals surface area contributed by atoms with Gasteiger partial charge in [-0.05, 0) is 43.4 Å². The molecule has 11 heavy (non-hydrogen) atoms. The summed E-state index contributed by atoms with van der Waals surface area (Å²) in [4.78, 5) is 0. The van der Waals surface area contributed by atoms with E-state index in [1.54, 1.807) is 0 Å². The normalized spacial score (nSPS) is 49.6. The van der Waals surface area contributed by atoms with Crippen LogP contribution in [0.4, 0.5) is 0 Å². The Hall–Kier alpha value is 0.350. The highest BCUT2D eigenvalue weighted by molar-refractivity contribution is 7.81. The molecule has 0 amide bonds. The van der Waals surface area contributed by atoms with Crippen LogP contribution in [0.2, 0.25) is 0 Å². The van der Waals surface area contributed by atoms with E-state index in [4.69, 9.17) is 0 Å². The molecule has 4 unspecified atom stereocenters. The third-order valence-corrected chi connectivity index (χ3v) is 4.48. The van der Waals surface area contributed by atoms with E-state index in [-0.39, 0.29) is 0 Å². The van der Waals surface area contributed by atoms with Gasteiger partial charge in [-0.1, -0.05) is 13.3 Å². The van der Waals surface area contributed by atoms with Crippen molar-refractivity contribution in [2.24, 2.45) is 17.8 Å². The van der Waals surface area contributed by atoms with Crippen LogP contribution in [-0.4, -0.2) is 5.25 Å². The van der Waals surface area contributed by atoms with Gasteiger partial charge in [0.05, 0.1) is 0 Å².